The molecule has 0 saturated carbocycles. The van der Waals surface area contributed by atoms with Gasteiger partial charge >= 0.3 is 0 Å². The van der Waals surface area contributed by atoms with E-state index in [2.05, 4.69) is 40.9 Å². The van der Waals surface area contributed by atoms with Crippen LogP contribution in [0.3, 0.4) is 0 Å². The quantitative estimate of drug-likeness (QED) is 0.600. The molecule has 1 aliphatic heterocycles. The van der Waals surface area contributed by atoms with Crippen molar-refractivity contribution in [3.05, 3.63) is 57.3 Å². The lowest BCUT2D eigenvalue weighted by Gasteiger charge is -2.31. The smallest absolute Gasteiger partial charge is 0.281 e. The molecule has 5 nitrogen and oxygen atoms in total. The Morgan fingerprint density at radius 2 is 1.93 bits per heavy atom. The molecular formula is C22H28N3O2S+. The van der Waals surface area contributed by atoms with Crippen LogP contribution in [0.4, 0.5) is 0 Å². The number of hydrogen-bond donors (Lipinski definition) is 2. The van der Waals surface area contributed by atoms with Gasteiger partial charge in [-0.15, -0.1) is 11.3 Å². The summed E-state index contributed by atoms with van der Waals surface area (Å²) in [4.78, 5) is 16.2. The molecule has 2 heterocycles. The van der Waals surface area contributed by atoms with E-state index in [-0.39, 0.29) is 11.9 Å². The Bertz CT molecular complexity index is 817. The number of thiophene rings is 1. The highest BCUT2D eigenvalue weighted by molar-refractivity contribution is 7.14. The number of quaternary nitrogens is 1. The van der Waals surface area contributed by atoms with Gasteiger partial charge in [-0.25, -0.2) is 5.43 Å². The summed E-state index contributed by atoms with van der Waals surface area (Å²) < 4.78 is 5.53. The molecule has 0 radical (unpaired) electrons. The van der Waals surface area contributed by atoms with Gasteiger partial charge in [0, 0.05) is 10.4 Å². The van der Waals surface area contributed by atoms with Crippen molar-refractivity contribution < 1.29 is 14.4 Å². The minimum atomic E-state index is -0.0949. The Labute approximate surface area is 170 Å². The molecule has 4 rings (SSSR count). The molecular weight excluding hydrogens is 370 g/mol. The number of hydrazone groups is 1. The molecule has 1 aromatic heterocycles. The number of nitrogens with zero attached hydrogens (tertiary/aromatic N) is 1. The maximum atomic E-state index is 12.7. The molecule has 28 heavy (non-hydrogen) atoms. The molecule has 0 bridgehead atoms. The molecule has 2 N–H and O–H groups in total. The predicted molar refractivity (Wildman–Crippen MR) is 112 cm³/mol. The maximum Gasteiger partial charge on any atom is 0.281 e. The summed E-state index contributed by atoms with van der Waals surface area (Å²) in [6, 6.07) is 12.6. The van der Waals surface area contributed by atoms with E-state index in [0.717, 1.165) is 49.7 Å². The van der Waals surface area contributed by atoms with Crippen molar-refractivity contribution in [2.75, 3.05) is 26.3 Å². The number of carbonyl (C=O) groups excluding carboxylic acids is 1. The third-order valence-electron chi connectivity index (χ3n) is 5.65. The lowest BCUT2D eigenvalue weighted by atomic mass is 9.99. The lowest BCUT2D eigenvalue weighted by Crippen LogP contribution is -3.15. The zero-order valence-electron chi connectivity index (χ0n) is 16.4. The molecule has 2 aromatic rings. The molecule has 1 atom stereocenters. The molecule has 2 aliphatic rings. The first kappa shape index (κ1) is 19.3. The van der Waals surface area contributed by atoms with Gasteiger partial charge in [0.15, 0.2) is 6.04 Å². The van der Waals surface area contributed by atoms with Crippen LogP contribution in [-0.2, 0) is 17.6 Å². The molecule has 1 aliphatic carbocycles. The SMILES string of the molecule is C/C(=N/NC(=O)c1cc2c(s1)CCCC2)[C@@H](c1ccccc1)[NH+]1CCOCC1. The van der Waals surface area contributed by atoms with Gasteiger partial charge in [0.1, 0.15) is 13.1 Å². The molecule has 6 heteroatoms. The van der Waals surface area contributed by atoms with Crippen LogP contribution in [-0.4, -0.2) is 37.9 Å². The molecule has 1 saturated heterocycles. The summed E-state index contributed by atoms with van der Waals surface area (Å²) in [7, 11) is 0. The fourth-order valence-electron chi connectivity index (χ4n) is 4.20. The van der Waals surface area contributed by atoms with E-state index in [0.29, 0.717) is 0 Å². The fourth-order valence-corrected chi connectivity index (χ4v) is 5.34. The first-order valence-corrected chi connectivity index (χ1v) is 11.0. The molecule has 0 spiro atoms. The Kier molecular flexibility index (Phi) is 6.20. The van der Waals surface area contributed by atoms with E-state index in [9.17, 15) is 4.79 Å². The third-order valence-corrected chi connectivity index (χ3v) is 6.88. The molecule has 1 amide bonds. The largest absolute Gasteiger partial charge is 0.370 e. The van der Waals surface area contributed by atoms with E-state index in [1.807, 2.05) is 13.0 Å². The van der Waals surface area contributed by atoms with Gasteiger partial charge in [-0.3, -0.25) is 4.79 Å². The standard InChI is InChI=1S/C22H27N3O2S/c1-16(21(17-7-3-2-4-8-17)25-11-13-27-14-12-25)23-24-22(26)20-15-18-9-5-6-10-19(18)28-20/h2-4,7-8,15,21H,5-6,9-14H2,1H3,(H,24,26)/p+1/b23-16-/t21-/m0/s1. The van der Waals surface area contributed by atoms with Gasteiger partial charge in [-0.2, -0.15) is 5.10 Å². The Morgan fingerprint density at radius 1 is 1.18 bits per heavy atom. The van der Waals surface area contributed by atoms with Crippen molar-refractivity contribution in [2.24, 2.45) is 5.10 Å². The van der Waals surface area contributed by atoms with Gasteiger partial charge < -0.3 is 9.64 Å². The summed E-state index contributed by atoms with van der Waals surface area (Å²) in [6.07, 6.45) is 4.65. The Balaban J connectivity index is 1.51. The van der Waals surface area contributed by atoms with E-state index in [4.69, 9.17) is 4.74 Å². The fraction of sp³-hybridized carbons (Fsp3) is 0.455. The number of benzene rings is 1. The van der Waals surface area contributed by atoms with E-state index in [1.54, 1.807) is 11.3 Å². The van der Waals surface area contributed by atoms with Crippen molar-refractivity contribution in [1.29, 1.82) is 0 Å². The van der Waals surface area contributed by atoms with Crippen molar-refractivity contribution in [3.63, 3.8) is 0 Å². The minimum Gasteiger partial charge on any atom is -0.370 e. The highest BCUT2D eigenvalue weighted by Gasteiger charge is 2.29. The second-order valence-corrected chi connectivity index (χ2v) is 8.71. The van der Waals surface area contributed by atoms with Crippen molar-refractivity contribution in [3.8, 4) is 0 Å². The van der Waals surface area contributed by atoms with Crippen LogP contribution in [0, 0.1) is 0 Å². The van der Waals surface area contributed by atoms with Gasteiger partial charge in [-0.1, -0.05) is 30.3 Å². The van der Waals surface area contributed by atoms with Gasteiger partial charge in [-0.05, 0) is 44.2 Å². The minimum absolute atomic E-state index is 0.0949. The average Bonchev–Trinajstić information content (AvgIpc) is 3.18. The lowest BCUT2D eigenvalue weighted by molar-refractivity contribution is -0.928. The van der Waals surface area contributed by atoms with Crippen LogP contribution in [0.2, 0.25) is 0 Å². The predicted octanol–water partition coefficient (Wildman–Crippen LogP) is 2.39. The van der Waals surface area contributed by atoms with Gasteiger partial charge in [0.05, 0.1) is 23.8 Å². The third kappa shape index (κ3) is 4.35. The second kappa shape index (κ2) is 8.99. The number of hydrogen-bond acceptors (Lipinski definition) is 4. The van der Waals surface area contributed by atoms with Gasteiger partial charge in [0.2, 0.25) is 0 Å². The van der Waals surface area contributed by atoms with E-state index >= 15 is 0 Å². The maximum absolute atomic E-state index is 12.7. The monoisotopic (exact) mass is 398 g/mol. The normalized spacial score (nSPS) is 19.1. The Hall–Kier alpha value is -2.02. The number of ether oxygens (including phenoxy) is 1. The number of fused-ring (bicyclic) bond motifs is 1. The van der Waals surface area contributed by atoms with Crippen molar-refractivity contribution in [1.82, 2.24) is 5.43 Å². The van der Waals surface area contributed by atoms with Crippen LogP contribution in [0.5, 0.6) is 0 Å². The first-order valence-electron chi connectivity index (χ1n) is 10.2. The van der Waals surface area contributed by atoms with Crippen LogP contribution >= 0.6 is 11.3 Å². The van der Waals surface area contributed by atoms with Crippen LogP contribution in [0.1, 0.15) is 51.5 Å². The molecule has 0 unspecified atom stereocenters. The molecule has 1 aromatic carbocycles. The number of amides is 1. The topological polar surface area (TPSA) is 55.1 Å². The zero-order valence-corrected chi connectivity index (χ0v) is 17.2. The van der Waals surface area contributed by atoms with Gasteiger partial charge in [0.25, 0.3) is 5.91 Å². The van der Waals surface area contributed by atoms with Crippen molar-refractivity contribution >= 4 is 23.0 Å². The average molecular weight is 399 g/mol. The van der Waals surface area contributed by atoms with Crippen LogP contribution < -0.4 is 10.3 Å². The highest BCUT2D eigenvalue weighted by Crippen LogP contribution is 2.29. The number of rotatable bonds is 5. The molecule has 148 valence electrons. The summed E-state index contributed by atoms with van der Waals surface area (Å²) >= 11 is 1.62. The van der Waals surface area contributed by atoms with E-state index < -0.39 is 0 Å². The Morgan fingerprint density at radius 3 is 2.68 bits per heavy atom. The van der Waals surface area contributed by atoms with Crippen LogP contribution in [0.25, 0.3) is 0 Å². The van der Waals surface area contributed by atoms with Crippen molar-refractivity contribution in [2.45, 2.75) is 38.6 Å². The van der Waals surface area contributed by atoms with E-state index in [1.165, 1.54) is 33.7 Å². The number of carbonyl (C=O) groups is 1. The van der Waals surface area contributed by atoms with Crippen LogP contribution in [0.15, 0.2) is 41.5 Å². The molecule has 1 fully saturated rings. The number of morpholine rings is 1. The summed E-state index contributed by atoms with van der Waals surface area (Å²) in [5.74, 6) is -0.0949. The highest BCUT2D eigenvalue weighted by atomic mass is 32.1. The first-order chi connectivity index (χ1) is 13.7. The summed E-state index contributed by atoms with van der Waals surface area (Å²) in [5, 5.41) is 4.52. The summed E-state index contributed by atoms with van der Waals surface area (Å²) in [6.45, 7) is 5.42. The number of nitrogens with one attached hydrogen (secondary N) is 2. The summed E-state index contributed by atoms with van der Waals surface area (Å²) in [5.41, 5.74) is 6.31. The zero-order chi connectivity index (χ0) is 19.3. The number of aryl methyl sites for hydroxylation is 2. The second-order valence-electron chi connectivity index (χ2n) is 7.57.